The fourth-order valence-corrected chi connectivity index (χ4v) is 2.29. The number of hydrogen-bond donors (Lipinski definition) is 1. The molecule has 2 aromatic rings. The molecule has 0 atom stereocenters. The topological polar surface area (TPSA) is 55.8 Å². The maximum absolute atomic E-state index is 12.1. The predicted molar refractivity (Wildman–Crippen MR) is 84.8 cm³/mol. The first-order valence-electron chi connectivity index (χ1n) is 7.20. The third kappa shape index (κ3) is 2.91. The minimum Gasteiger partial charge on any atom is -0.504 e. The highest BCUT2D eigenvalue weighted by Crippen LogP contribution is 2.41. The van der Waals surface area contributed by atoms with Gasteiger partial charge in [0.1, 0.15) is 11.3 Å². The van der Waals surface area contributed by atoms with Crippen LogP contribution in [0.15, 0.2) is 30.3 Å². The van der Waals surface area contributed by atoms with Crippen molar-refractivity contribution < 1.29 is 19.4 Å². The fourth-order valence-electron chi connectivity index (χ4n) is 2.29. The molecule has 0 bridgehead atoms. The van der Waals surface area contributed by atoms with Crippen LogP contribution in [0.25, 0.3) is 0 Å². The van der Waals surface area contributed by atoms with Crippen LogP contribution in [-0.4, -0.2) is 17.7 Å². The summed E-state index contributed by atoms with van der Waals surface area (Å²) in [6, 6.07) is 9.14. The van der Waals surface area contributed by atoms with Gasteiger partial charge < -0.3 is 14.6 Å². The molecular weight excluding hydrogens is 280 g/mol. The number of esters is 1. The van der Waals surface area contributed by atoms with Crippen LogP contribution >= 0.6 is 0 Å². The molecule has 1 N–H and O–H groups in total. The molecule has 0 aromatic heterocycles. The number of carbonyl (C=O) groups excluding carboxylic acids is 1. The molecule has 0 heterocycles. The van der Waals surface area contributed by atoms with E-state index in [0.717, 1.165) is 11.1 Å². The second kappa shape index (κ2) is 6.52. The van der Waals surface area contributed by atoms with Gasteiger partial charge in [-0.15, -0.1) is 0 Å². The molecule has 2 rings (SSSR count). The number of rotatable bonds is 4. The number of aromatic hydroxyl groups is 1. The summed E-state index contributed by atoms with van der Waals surface area (Å²) in [5.74, 6) is 0.165. The van der Waals surface area contributed by atoms with Crippen LogP contribution in [0.2, 0.25) is 0 Å². The zero-order chi connectivity index (χ0) is 16.3. The SMILES string of the molecule is CCOC(=O)c1c(C)c(C)c(C)c(Oc2ccccc2)c1O. The van der Waals surface area contributed by atoms with Gasteiger partial charge in [0, 0.05) is 0 Å². The monoisotopic (exact) mass is 300 g/mol. The molecule has 4 nitrogen and oxygen atoms in total. The molecule has 2 aromatic carbocycles. The van der Waals surface area contributed by atoms with Gasteiger partial charge in [-0.1, -0.05) is 18.2 Å². The molecular formula is C18H20O4. The molecule has 0 saturated carbocycles. The lowest BCUT2D eigenvalue weighted by molar-refractivity contribution is 0.0521. The van der Waals surface area contributed by atoms with E-state index in [-0.39, 0.29) is 23.7 Å². The molecule has 0 amide bonds. The van der Waals surface area contributed by atoms with Crippen LogP contribution in [0.4, 0.5) is 0 Å². The molecule has 0 aliphatic rings. The van der Waals surface area contributed by atoms with E-state index in [0.29, 0.717) is 11.3 Å². The summed E-state index contributed by atoms with van der Waals surface area (Å²) in [6.07, 6.45) is 0. The maximum Gasteiger partial charge on any atom is 0.342 e. The summed E-state index contributed by atoms with van der Waals surface area (Å²) < 4.78 is 10.8. The van der Waals surface area contributed by atoms with E-state index in [1.54, 1.807) is 26.0 Å². The summed E-state index contributed by atoms with van der Waals surface area (Å²) in [7, 11) is 0. The van der Waals surface area contributed by atoms with E-state index >= 15 is 0 Å². The lowest BCUT2D eigenvalue weighted by Crippen LogP contribution is -2.10. The van der Waals surface area contributed by atoms with Crippen molar-refractivity contribution in [2.24, 2.45) is 0 Å². The van der Waals surface area contributed by atoms with E-state index in [9.17, 15) is 9.90 Å². The summed E-state index contributed by atoms with van der Waals surface area (Å²) in [5, 5.41) is 10.5. The maximum atomic E-state index is 12.1. The first kappa shape index (κ1) is 15.9. The largest absolute Gasteiger partial charge is 0.504 e. The summed E-state index contributed by atoms with van der Waals surface area (Å²) in [4.78, 5) is 12.1. The average molecular weight is 300 g/mol. The van der Waals surface area contributed by atoms with Crippen LogP contribution in [0.3, 0.4) is 0 Å². The third-order valence-corrected chi connectivity index (χ3v) is 3.74. The number of phenols is 1. The Bertz CT molecular complexity index is 690. The quantitative estimate of drug-likeness (QED) is 0.856. The zero-order valence-corrected chi connectivity index (χ0v) is 13.3. The lowest BCUT2D eigenvalue weighted by Gasteiger charge is -2.18. The lowest BCUT2D eigenvalue weighted by atomic mass is 9.96. The minimum absolute atomic E-state index is 0.163. The first-order valence-corrected chi connectivity index (χ1v) is 7.20. The van der Waals surface area contributed by atoms with Crippen LogP contribution in [0.1, 0.15) is 34.0 Å². The molecule has 22 heavy (non-hydrogen) atoms. The van der Waals surface area contributed by atoms with Gasteiger partial charge in [0.2, 0.25) is 0 Å². The van der Waals surface area contributed by atoms with E-state index in [2.05, 4.69) is 0 Å². The third-order valence-electron chi connectivity index (χ3n) is 3.74. The Labute approximate surface area is 130 Å². The summed E-state index contributed by atoms with van der Waals surface area (Å²) in [5.41, 5.74) is 2.56. The smallest absolute Gasteiger partial charge is 0.342 e. The Balaban J connectivity index is 2.56. The van der Waals surface area contributed by atoms with Gasteiger partial charge >= 0.3 is 5.97 Å². The van der Waals surface area contributed by atoms with Gasteiger partial charge in [-0.25, -0.2) is 4.79 Å². The van der Waals surface area contributed by atoms with Gasteiger partial charge in [-0.3, -0.25) is 0 Å². The zero-order valence-electron chi connectivity index (χ0n) is 13.3. The second-order valence-corrected chi connectivity index (χ2v) is 5.06. The first-order chi connectivity index (χ1) is 10.5. The Morgan fingerprint density at radius 2 is 1.68 bits per heavy atom. The van der Waals surface area contributed by atoms with E-state index in [4.69, 9.17) is 9.47 Å². The van der Waals surface area contributed by atoms with Crippen molar-refractivity contribution in [2.75, 3.05) is 6.61 Å². The van der Waals surface area contributed by atoms with Crippen molar-refractivity contribution in [2.45, 2.75) is 27.7 Å². The number of carbonyl (C=O) groups is 1. The molecule has 0 saturated heterocycles. The van der Waals surface area contributed by atoms with E-state index in [1.807, 2.05) is 32.0 Å². The molecule has 0 fully saturated rings. The minimum atomic E-state index is -0.543. The molecule has 116 valence electrons. The van der Waals surface area contributed by atoms with Gasteiger partial charge in [0.25, 0.3) is 0 Å². The fraction of sp³-hybridized carbons (Fsp3) is 0.278. The molecule has 0 aliphatic heterocycles. The summed E-state index contributed by atoms with van der Waals surface area (Å²) in [6.45, 7) is 7.52. The number of benzene rings is 2. The van der Waals surface area contributed by atoms with E-state index in [1.165, 1.54) is 0 Å². The van der Waals surface area contributed by atoms with Crippen molar-refractivity contribution in [1.29, 1.82) is 0 Å². The van der Waals surface area contributed by atoms with Crippen molar-refractivity contribution >= 4 is 5.97 Å². The second-order valence-electron chi connectivity index (χ2n) is 5.06. The normalized spacial score (nSPS) is 10.4. The summed E-state index contributed by atoms with van der Waals surface area (Å²) >= 11 is 0. The Hall–Kier alpha value is -2.49. The number of hydrogen-bond acceptors (Lipinski definition) is 4. The molecule has 0 radical (unpaired) electrons. The average Bonchev–Trinajstić information content (AvgIpc) is 2.51. The molecule has 0 aliphatic carbocycles. The highest BCUT2D eigenvalue weighted by molar-refractivity contribution is 5.96. The highest BCUT2D eigenvalue weighted by Gasteiger charge is 2.24. The van der Waals surface area contributed by atoms with Gasteiger partial charge in [0.15, 0.2) is 11.5 Å². The van der Waals surface area contributed by atoms with Gasteiger partial charge in [-0.05, 0) is 56.5 Å². The van der Waals surface area contributed by atoms with Crippen molar-refractivity contribution in [3.63, 3.8) is 0 Å². The molecule has 0 spiro atoms. The predicted octanol–water partition coefficient (Wildman–Crippen LogP) is 4.29. The standard InChI is InChI=1S/C18H20O4/c1-5-21-18(20)15-12(3)11(2)13(4)17(16(15)19)22-14-9-7-6-8-10-14/h6-10,19H,5H2,1-4H3. The Kier molecular flexibility index (Phi) is 4.71. The van der Waals surface area contributed by atoms with Crippen LogP contribution in [-0.2, 0) is 4.74 Å². The number of ether oxygens (including phenoxy) is 2. The van der Waals surface area contributed by atoms with Crippen molar-refractivity contribution in [3.8, 4) is 17.2 Å². The Morgan fingerprint density at radius 1 is 1.05 bits per heavy atom. The van der Waals surface area contributed by atoms with E-state index < -0.39 is 5.97 Å². The van der Waals surface area contributed by atoms with Crippen molar-refractivity contribution in [1.82, 2.24) is 0 Å². The van der Waals surface area contributed by atoms with Crippen LogP contribution in [0.5, 0.6) is 17.2 Å². The molecule has 4 heteroatoms. The molecule has 0 unspecified atom stereocenters. The number of phenolic OH excluding ortho intramolecular Hbond substituents is 1. The highest BCUT2D eigenvalue weighted by atomic mass is 16.5. The van der Waals surface area contributed by atoms with Crippen LogP contribution < -0.4 is 4.74 Å². The van der Waals surface area contributed by atoms with Gasteiger partial charge in [-0.2, -0.15) is 0 Å². The van der Waals surface area contributed by atoms with Gasteiger partial charge in [0.05, 0.1) is 6.61 Å². The van der Waals surface area contributed by atoms with Crippen LogP contribution in [0, 0.1) is 20.8 Å². The van der Waals surface area contributed by atoms with Crippen molar-refractivity contribution in [3.05, 3.63) is 52.6 Å². The number of para-hydroxylation sites is 1. The Morgan fingerprint density at radius 3 is 2.27 bits per heavy atom.